The van der Waals surface area contributed by atoms with Crippen molar-refractivity contribution in [2.45, 2.75) is 6.92 Å². The highest BCUT2D eigenvalue weighted by molar-refractivity contribution is 7.80. The van der Waals surface area contributed by atoms with Crippen LogP contribution in [-0.4, -0.2) is 26.4 Å². The molecule has 2 aromatic carbocycles. The minimum absolute atomic E-state index is 0.0340. The van der Waals surface area contributed by atoms with Crippen LogP contribution in [0.4, 0.5) is 11.4 Å². The van der Waals surface area contributed by atoms with Gasteiger partial charge < -0.3 is 4.57 Å². The minimum atomic E-state index is -0.618. The van der Waals surface area contributed by atoms with Crippen LogP contribution in [0.25, 0.3) is 11.8 Å². The number of rotatable bonds is 4. The summed E-state index contributed by atoms with van der Waals surface area (Å²) in [4.78, 5) is 37.6. The van der Waals surface area contributed by atoms with Crippen molar-refractivity contribution in [1.29, 1.82) is 0 Å². The minimum Gasteiger partial charge on any atom is -0.317 e. The van der Waals surface area contributed by atoms with Gasteiger partial charge in [-0.15, -0.1) is 0 Å². The summed E-state index contributed by atoms with van der Waals surface area (Å²) >= 11 is 11.4. The molecule has 0 aliphatic carbocycles. The molecule has 0 radical (unpaired) electrons. The van der Waals surface area contributed by atoms with E-state index in [1.165, 1.54) is 23.1 Å². The Hall–Kier alpha value is -3.82. The van der Waals surface area contributed by atoms with Crippen molar-refractivity contribution in [3.63, 3.8) is 0 Å². The Bertz CT molecular complexity index is 1310. The largest absolute Gasteiger partial charge is 0.317 e. The zero-order chi connectivity index (χ0) is 23.0. The third kappa shape index (κ3) is 3.79. The molecule has 1 aliphatic heterocycles. The Morgan fingerprint density at radius 1 is 1.09 bits per heavy atom. The van der Waals surface area contributed by atoms with Crippen molar-refractivity contribution >= 4 is 58.2 Å². The molecule has 0 spiro atoms. The van der Waals surface area contributed by atoms with Crippen LogP contribution in [0.3, 0.4) is 0 Å². The van der Waals surface area contributed by atoms with Gasteiger partial charge in [0.15, 0.2) is 5.11 Å². The highest BCUT2D eigenvalue weighted by atomic mass is 35.5. The quantitative estimate of drug-likeness (QED) is 0.204. The normalized spacial score (nSPS) is 15.2. The van der Waals surface area contributed by atoms with Gasteiger partial charge in [0.05, 0.1) is 10.6 Å². The number of nitrogens with one attached hydrogen (secondary N) is 1. The predicted octanol–water partition coefficient (Wildman–Crippen LogP) is 4.18. The van der Waals surface area contributed by atoms with E-state index in [9.17, 15) is 19.7 Å². The zero-order valence-corrected chi connectivity index (χ0v) is 18.2. The maximum atomic E-state index is 13.3. The number of anilines is 1. The topological polar surface area (TPSA) is 97.5 Å². The van der Waals surface area contributed by atoms with E-state index in [-0.39, 0.29) is 16.4 Å². The molecule has 2 amide bonds. The fraction of sp³-hybridized carbons (Fsp3) is 0.0455. The third-order valence-corrected chi connectivity index (χ3v) is 5.69. The Labute approximate surface area is 192 Å². The van der Waals surface area contributed by atoms with Gasteiger partial charge in [0.1, 0.15) is 5.57 Å². The molecule has 3 aromatic rings. The van der Waals surface area contributed by atoms with Gasteiger partial charge in [0.25, 0.3) is 17.5 Å². The molecule has 1 N–H and O–H groups in total. The fourth-order valence-electron chi connectivity index (χ4n) is 3.34. The number of non-ortho nitro benzene ring substituents is 1. The van der Waals surface area contributed by atoms with Gasteiger partial charge >= 0.3 is 0 Å². The van der Waals surface area contributed by atoms with Crippen LogP contribution in [0.15, 0.2) is 66.4 Å². The highest BCUT2D eigenvalue weighted by Gasteiger charge is 2.35. The molecule has 1 fully saturated rings. The number of benzene rings is 2. The highest BCUT2D eigenvalue weighted by Crippen LogP contribution is 2.30. The van der Waals surface area contributed by atoms with E-state index in [1.807, 2.05) is 0 Å². The first-order chi connectivity index (χ1) is 15.3. The van der Waals surface area contributed by atoms with Crippen LogP contribution in [0.5, 0.6) is 0 Å². The van der Waals surface area contributed by atoms with Gasteiger partial charge in [0, 0.05) is 34.7 Å². The van der Waals surface area contributed by atoms with Gasteiger partial charge in [-0.2, -0.15) is 0 Å². The maximum absolute atomic E-state index is 13.3. The molecular weight excluding hydrogens is 452 g/mol. The molecule has 10 heteroatoms. The number of thiocarbonyl (C=S) groups is 1. The Morgan fingerprint density at radius 3 is 2.50 bits per heavy atom. The second-order valence-electron chi connectivity index (χ2n) is 6.92. The number of nitro benzene ring substituents is 1. The molecule has 0 saturated carbocycles. The van der Waals surface area contributed by atoms with Gasteiger partial charge in [0.2, 0.25) is 0 Å². The van der Waals surface area contributed by atoms with E-state index in [2.05, 4.69) is 5.32 Å². The lowest BCUT2D eigenvalue weighted by atomic mass is 10.1. The van der Waals surface area contributed by atoms with Crippen LogP contribution in [0.2, 0.25) is 5.02 Å². The molecule has 1 aromatic heterocycles. The first-order valence-electron chi connectivity index (χ1n) is 9.36. The van der Waals surface area contributed by atoms with Crippen LogP contribution < -0.4 is 10.2 Å². The molecule has 0 unspecified atom stereocenters. The van der Waals surface area contributed by atoms with E-state index in [0.717, 1.165) is 0 Å². The van der Waals surface area contributed by atoms with E-state index >= 15 is 0 Å². The number of aromatic nitrogens is 1. The number of nitrogens with zero attached hydrogens (tertiary/aromatic N) is 3. The average Bonchev–Trinajstić information content (AvgIpc) is 3.22. The van der Waals surface area contributed by atoms with Crippen LogP contribution in [0, 0.1) is 17.0 Å². The van der Waals surface area contributed by atoms with Crippen molar-refractivity contribution in [1.82, 2.24) is 9.88 Å². The molecule has 2 heterocycles. The second-order valence-corrected chi connectivity index (χ2v) is 7.71. The van der Waals surface area contributed by atoms with E-state index < -0.39 is 16.7 Å². The lowest BCUT2D eigenvalue weighted by molar-refractivity contribution is -0.384. The lowest BCUT2D eigenvalue weighted by Gasteiger charge is -2.30. The molecule has 160 valence electrons. The van der Waals surface area contributed by atoms with Crippen LogP contribution in [0.1, 0.15) is 11.3 Å². The Balaban J connectivity index is 1.74. The summed E-state index contributed by atoms with van der Waals surface area (Å²) in [5.41, 5.74) is 2.14. The summed E-state index contributed by atoms with van der Waals surface area (Å²) in [5, 5.41) is 13.9. The average molecular weight is 467 g/mol. The summed E-state index contributed by atoms with van der Waals surface area (Å²) in [7, 11) is 0. The summed E-state index contributed by atoms with van der Waals surface area (Å²) in [5.74, 6) is -1.20. The number of carbonyl (C=O) groups excluding carboxylic acids is 2. The Kier molecular flexibility index (Phi) is 5.60. The van der Waals surface area contributed by atoms with Crippen molar-refractivity contribution in [2.75, 3.05) is 4.90 Å². The second kappa shape index (κ2) is 8.37. The molecule has 0 atom stereocenters. The number of hydrogen-bond acceptors (Lipinski definition) is 5. The number of halogens is 1. The maximum Gasteiger partial charge on any atom is 0.270 e. The third-order valence-electron chi connectivity index (χ3n) is 4.99. The summed E-state index contributed by atoms with van der Waals surface area (Å²) in [6.45, 7) is 1.76. The first-order valence-corrected chi connectivity index (χ1v) is 10.2. The molecule has 8 nitrogen and oxygen atoms in total. The van der Waals surface area contributed by atoms with Crippen molar-refractivity contribution in [2.24, 2.45) is 0 Å². The first kappa shape index (κ1) is 21.4. The fourth-order valence-corrected chi connectivity index (χ4v) is 3.79. The monoisotopic (exact) mass is 466 g/mol. The SMILES string of the molecule is Cc1c(Cl)cccc1N1C(=O)/C(=C/c2cccn2-c2ccc([N+](=O)[O-])cc2)C(=O)NC1=S. The predicted molar refractivity (Wildman–Crippen MR) is 125 cm³/mol. The smallest absolute Gasteiger partial charge is 0.270 e. The van der Waals surface area contributed by atoms with Gasteiger partial charge in [-0.1, -0.05) is 17.7 Å². The van der Waals surface area contributed by atoms with Gasteiger partial charge in [-0.25, -0.2) is 0 Å². The van der Waals surface area contributed by atoms with E-state index in [0.29, 0.717) is 27.7 Å². The number of nitro groups is 1. The molecule has 0 bridgehead atoms. The van der Waals surface area contributed by atoms with Crippen LogP contribution in [-0.2, 0) is 9.59 Å². The summed E-state index contributed by atoms with van der Waals surface area (Å²) in [6.07, 6.45) is 3.18. The zero-order valence-electron chi connectivity index (χ0n) is 16.6. The molecular formula is C22H15ClN4O4S. The van der Waals surface area contributed by atoms with Gasteiger partial charge in [-0.3, -0.25) is 29.9 Å². The van der Waals surface area contributed by atoms with E-state index in [4.69, 9.17) is 23.8 Å². The van der Waals surface area contributed by atoms with Gasteiger partial charge in [-0.05, 0) is 67.2 Å². The molecule has 32 heavy (non-hydrogen) atoms. The summed E-state index contributed by atoms with van der Waals surface area (Å²) < 4.78 is 1.71. The van der Waals surface area contributed by atoms with E-state index in [1.54, 1.807) is 60.2 Å². The lowest BCUT2D eigenvalue weighted by Crippen LogP contribution is -2.54. The van der Waals surface area contributed by atoms with Crippen molar-refractivity contribution in [3.8, 4) is 5.69 Å². The van der Waals surface area contributed by atoms with Crippen molar-refractivity contribution < 1.29 is 14.5 Å². The number of amides is 2. The molecule has 1 aliphatic rings. The number of hydrogen-bond donors (Lipinski definition) is 1. The van der Waals surface area contributed by atoms with Crippen molar-refractivity contribution in [3.05, 3.63) is 92.8 Å². The number of carbonyl (C=O) groups is 2. The standard InChI is InChI=1S/C22H15ClN4O4S/c1-13-18(23)5-2-6-19(13)26-21(29)17(20(28)24-22(26)32)12-16-4-3-11-25(16)14-7-9-15(10-8-14)27(30)31/h2-12H,1H3,(H,24,28,32)/b17-12+. The summed E-state index contributed by atoms with van der Waals surface area (Å²) in [6, 6.07) is 14.5. The molecule has 4 rings (SSSR count). The Morgan fingerprint density at radius 2 is 1.81 bits per heavy atom. The molecule has 1 saturated heterocycles. The van der Waals surface area contributed by atoms with Crippen LogP contribution >= 0.6 is 23.8 Å².